The van der Waals surface area contributed by atoms with Crippen molar-refractivity contribution in [2.75, 3.05) is 24.6 Å². The number of oxazole rings is 1. The number of carbonyl (C=O) groups is 1. The van der Waals surface area contributed by atoms with Crippen molar-refractivity contribution in [1.29, 1.82) is 0 Å². The van der Waals surface area contributed by atoms with E-state index in [4.69, 9.17) is 19.4 Å². The van der Waals surface area contributed by atoms with Crippen LogP contribution in [-0.4, -0.2) is 53.1 Å². The molecule has 1 aromatic heterocycles. The van der Waals surface area contributed by atoms with Crippen LogP contribution >= 0.6 is 0 Å². The van der Waals surface area contributed by atoms with Crippen molar-refractivity contribution in [3.8, 4) is 0 Å². The maximum Gasteiger partial charge on any atom is 0.357 e. The summed E-state index contributed by atoms with van der Waals surface area (Å²) in [5.74, 6) is -1.12. The third-order valence-corrected chi connectivity index (χ3v) is 2.51. The Morgan fingerprint density at radius 3 is 3.00 bits per heavy atom. The first-order valence-electron chi connectivity index (χ1n) is 5.30. The van der Waals surface area contributed by atoms with Crippen LogP contribution in [-0.2, 0) is 4.74 Å². The quantitative estimate of drug-likeness (QED) is 0.767. The molecule has 0 spiro atoms. The molecule has 2 rings (SSSR count). The third-order valence-electron chi connectivity index (χ3n) is 2.51. The van der Waals surface area contributed by atoms with Crippen LogP contribution in [0.2, 0.25) is 0 Å². The van der Waals surface area contributed by atoms with Crippen LogP contribution in [0.25, 0.3) is 0 Å². The van der Waals surface area contributed by atoms with Crippen LogP contribution < -0.4 is 4.90 Å². The number of morpholine rings is 1. The van der Waals surface area contributed by atoms with Gasteiger partial charge in [-0.2, -0.15) is 4.98 Å². The lowest BCUT2D eigenvalue weighted by atomic mass is 10.2. The minimum absolute atomic E-state index is 0.0684. The van der Waals surface area contributed by atoms with E-state index in [2.05, 4.69) is 4.98 Å². The zero-order valence-electron chi connectivity index (χ0n) is 9.37. The maximum absolute atomic E-state index is 10.7. The number of aromatic nitrogens is 1. The molecule has 2 unspecified atom stereocenters. The van der Waals surface area contributed by atoms with Gasteiger partial charge < -0.3 is 24.3 Å². The Balaban J connectivity index is 2.12. The predicted octanol–water partition coefficient (Wildman–Crippen LogP) is -0.0412. The topological polar surface area (TPSA) is 96.0 Å². The van der Waals surface area contributed by atoms with E-state index in [0.29, 0.717) is 13.1 Å². The molecule has 94 valence electrons. The van der Waals surface area contributed by atoms with E-state index in [1.807, 2.05) is 6.92 Å². The number of hydrogen-bond donors (Lipinski definition) is 2. The maximum atomic E-state index is 10.7. The fourth-order valence-corrected chi connectivity index (χ4v) is 1.81. The highest BCUT2D eigenvalue weighted by molar-refractivity contribution is 5.85. The van der Waals surface area contributed by atoms with Gasteiger partial charge in [0.25, 0.3) is 6.01 Å². The number of aliphatic hydroxyl groups excluding tert-OH is 1. The van der Waals surface area contributed by atoms with Gasteiger partial charge in [-0.05, 0) is 6.92 Å². The average Bonchev–Trinajstić information content (AvgIpc) is 2.77. The van der Waals surface area contributed by atoms with Gasteiger partial charge in [0, 0.05) is 6.54 Å². The molecule has 7 nitrogen and oxygen atoms in total. The van der Waals surface area contributed by atoms with Gasteiger partial charge in [0.05, 0.1) is 25.4 Å². The Hall–Kier alpha value is -1.60. The van der Waals surface area contributed by atoms with Crippen molar-refractivity contribution in [2.45, 2.75) is 19.1 Å². The Labute approximate surface area is 97.6 Å². The number of rotatable bonds is 3. The molecule has 1 aliphatic heterocycles. The summed E-state index contributed by atoms with van der Waals surface area (Å²) in [5, 5.41) is 17.8. The Kier molecular flexibility index (Phi) is 3.30. The second-order valence-electron chi connectivity index (χ2n) is 3.98. The molecule has 2 atom stereocenters. The van der Waals surface area contributed by atoms with Crippen LogP contribution in [0.4, 0.5) is 6.01 Å². The average molecular weight is 242 g/mol. The van der Waals surface area contributed by atoms with Crippen LogP contribution in [0.15, 0.2) is 10.7 Å². The Morgan fingerprint density at radius 2 is 2.41 bits per heavy atom. The number of carboxylic acid groups (broad SMARTS) is 1. The van der Waals surface area contributed by atoms with E-state index in [1.165, 1.54) is 0 Å². The summed E-state index contributed by atoms with van der Waals surface area (Å²) in [6.45, 7) is 2.76. The van der Waals surface area contributed by atoms with E-state index in [1.54, 1.807) is 4.90 Å². The summed E-state index contributed by atoms with van der Waals surface area (Å²) in [7, 11) is 0. The van der Waals surface area contributed by atoms with E-state index in [0.717, 1.165) is 6.26 Å². The van der Waals surface area contributed by atoms with Gasteiger partial charge in [0.2, 0.25) is 0 Å². The minimum atomic E-state index is -1.12. The van der Waals surface area contributed by atoms with E-state index in [-0.39, 0.29) is 30.5 Å². The Bertz CT molecular complexity index is 405. The first-order chi connectivity index (χ1) is 8.10. The van der Waals surface area contributed by atoms with Gasteiger partial charge in [-0.1, -0.05) is 0 Å². The monoisotopic (exact) mass is 242 g/mol. The lowest BCUT2D eigenvalue weighted by molar-refractivity contribution is -0.0432. The minimum Gasteiger partial charge on any atom is -0.476 e. The lowest BCUT2D eigenvalue weighted by Crippen LogP contribution is -2.48. The largest absolute Gasteiger partial charge is 0.476 e. The zero-order valence-corrected chi connectivity index (χ0v) is 9.37. The molecule has 0 aromatic carbocycles. The first-order valence-corrected chi connectivity index (χ1v) is 5.30. The van der Waals surface area contributed by atoms with Gasteiger partial charge in [-0.25, -0.2) is 4.79 Å². The van der Waals surface area contributed by atoms with Crippen molar-refractivity contribution in [1.82, 2.24) is 4.98 Å². The SMILES string of the molecule is CC1CN(c2nc(C(=O)O)co2)CC(CO)O1. The number of nitrogens with zero attached hydrogens (tertiary/aromatic N) is 2. The zero-order chi connectivity index (χ0) is 12.4. The second-order valence-corrected chi connectivity index (χ2v) is 3.98. The third kappa shape index (κ3) is 2.56. The molecule has 0 amide bonds. The standard InChI is InChI=1S/C10H14N2O5/c1-6-2-12(3-7(4-13)17-6)10-11-8(5-16-10)9(14)15/h5-7,13H,2-4H2,1H3,(H,14,15). The molecule has 0 aliphatic carbocycles. The molecule has 17 heavy (non-hydrogen) atoms. The number of carboxylic acids is 1. The van der Waals surface area contributed by atoms with E-state index < -0.39 is 5.97 Å². The summed E-state index contributed by atoms with van der Waals surface area (Å²) in [5.41, 5.74) is -0.125. The van der Waals surface area contributed by atoms with Gasteiger partial charge in [-0.3, -0.25) is 0 Å². The van der Waals surface area contributed by atoms with Crippen molar-refractivity contribution in [3.05, 3.63) is 12.0 Å². The summed E-state index contributed by atoms with van der Waals surface area (Å²) in [6.07, 6.45) is 0.728. The fraction of sp³-hybridized carbons (Fsp3) is 0.600. The van der Waals surface area contributed by atoms with Crippen molar-refractivity contribution >= 4 is 12.0 Å². The van der Waals surface area contributed by atoms with Crippen molar-refractivity contribution < 1.29 is 24.2 Å². The molecule has 1 fully saturated rings. The summed E-state index contributed by atoms with van der Waals surface area (Å²) in [6, 6.07) is 0.246. The van der Waals surface area contributed by atoms with Crippen LogP contribution in [0.3, 0.4) is 0 Å². The molecule has 0 radical (unpaired) electrons. The van der Waals surface area contributed by atoms with Crippen LogP contribution in [0.1, 0.15) is 17.4 Å². The summed E-state index contributed by atoms with van der Waals surface area (Å²) < 4.78 is 10.6. The van der Waals surface area contributed by atoms with Gasteiger partial charge in [0.1, 0.15) is 6.26 Å². The van der Waals surface area contributed by atoms with Gasteiger partial charge >= 0.3 is 5.97 Å². The smallest absolute Gasteiger partial charge is 0.357 e. The fourth-order valence-electron chi connectivity index (χ4n) is 1.81. The molecular formula is C10H14N2O5. The lowest BCUT2D eigenvalue weighted by Gasteiger charge is -2.34. The number of aliphatic hydroxyl groups is 1. The van der Waals surface area contributed by atoms with Gasteiger partial charge in [0.15, 0.2) is 5.69 Å². The second kappa shape index (κ2) is 4.72. The molecule has 1 saturated heterocycles. The number of ether oxygens (including phenoxy) is 1. The summed E-state index contributed by atoms with van der Waals surface area (Å²) >= 11 is 0. The molecule has 7 heteroatoms. The highest BCUT2D eigenvalue weighted by atomic mass is 16.5. The van der Waals surface area contributed by atoms with Gasteiger partial charge in [-0.15, -0.1) is 0 Å². The molecule has 2 N–H and O–H groups in total. The predicted molar refractivity (Wildman–Crippen MR) is 57.1 cm³/mol. The van der Waals surface area contributed by atoms with Crippen molar-refractivity contribution in [3.63, 3.8) is 0 Å². The van der Waals surface area contributed by atoms with Crippen LogP contribution in [0.5, 0.6) is 0 Å². The van der Waals surface area contributed by atoms with E-state index >= 15 is 0 Å². The molecular weight excluding hydrogens is 228 g/mol. The number of aromatic carboxylic acids is 1. The number of anilines is 1. The molecule has 1 aromatic rings. The first kappa shape index (κ1) is 11.9. The normalized spacial score (nSPS) is 24.9. The highest BCUT2D eigenvalue weighted by Gasteiger charge is 2.28. The molecule has 0 bridgehead atoms. The number of hydrogen-bond acceptors (Lipinski definition) is 6. The molecule has 2 heterocycles. The molecule has 1 aliphatic rings. The summed E-state index contributed by atoms with van der Waals surface area (Å²) in [4.78, 5) is 16.3. The molecule has 0 saturated carbocycles. The Morgan fingerprint density at radius 1 is 1.65 bits per heavy atom. The highest BCUT2D eigenvalue weighted by Crippen LogP contribution is 2.19. The van der Waals surface area contributed by atoms with Crippen LogP contribution in [0, 0.1) is 0 Å². The van der Waals surface area contributed by atoms with Crippen molar-refractivity contribution in [2.24, 2.45) is 0 Å². The van der Waals surface area contributed by atoms with E-state index in [9.17, 15) is 4.79 Å².